The second-order valence-corrected chi connectivity index (χ2v) is 9.98. The van der Waals surface area contributed by atoms with Crippen LogP contribution in [0.3, 0.4) is 0 Å². The molecule has 0 saturated heterocycles. The lowest BCUT2D eigenvalue weighted by molar-refractivity contribution is -0.147. The summed E-state index contributed by atoms with van der Waals surface area (Å²) in [6.45, 7) is 5.94. The van der Waals surface area contributed by atoms with Gasteiger partial charge in [-0.25, -0.2) is 0 Å². The van der Waals surface area contributed by atoms with Crippen molar-refractivity contribution in [3.8, 4) is 0 Å². The number of esters is 1. The quantitative estimate of drug-likeness (QED) is 0.141. The lowest BCUT2D eigenvalue weighted by Crippen LogP contribution is -2.23. The number of ether oxygens (including phenoxy) is 1. The lowest BCUT2D eigenvalue weighted by atomic mass is 9.85. The number of carbonyl (C=O) groups excluding carboxylic acids is 1. The Hall–Kier alpha value is -0.910. The van der Waals surface area contributed by atoms with E-state index in [9.17, 15) is 20.1 Å². The highest BCUT2D eigenvalue weighted by atomic mass is 16.5. The van der Waals surface area contributed by atoms with Gasteiger partial charge in [0, 0.05) is 6.42 Å². The molecule has 0 aromatic heterocycles. The molecule has 1 rings (SSSR count). The Bertz CT molecular complexity index is 504. The van der Waals surface area contributed by atoms with Crippen molar-refractivity contribution in [1.82, 2.24) is 0 Å². The number of rotatable bonds is 18. The molecule has 1 fully saturated rings. The van der Waals surface area contributed by atoms with Gasteiger partial charge in [0.05, 0.1) is 24.4 Å². The van der Waals surface area contributed by atoms with Crippen LogP contribution in [0.25, 0.3) is 0 Å². The zero-order valence-corrected chi connectivity index (χ0v) is 20.9. The van der Waals surface area contributed by atoms with Gasteiger partial charge in [-0.3, -0.25) is 4.79 Å². The first-order valence-electron chi connectivity index (χ1n) is 13.2. The lowest BCUT2D eigenvalue weighted by Gasteiger charge is -2.23. The van der Waals surface area contributed by atoms with E-state index in [2.05, 4.69) is 19.1 Å². The molecule has 0 amide bonds. The fraction of sp³-hybridized carbons (Fsp3) is 0.889. The predicted octanol–water partition coefficient (Wildman–Crippen LogP) is 5.69. The van der Waals surface area contributed by atoms with Gasteiger partial charge in [-0.15, -0.1) is 0 Å². The number of hydrogen-bond acceptors (Lipinski definition) is 5. The monoisotopic (exact) mass is 454 g/mol. The maximum Gasteiger partial charge on any atom is 0.306 e. The number of hydrogen-bond donors (Lipinski definition) is 3. The summed E-state index contributed by atoms with van der Waals surface area (Å²) >= 11 is 0. The van der Waals surface area contributed by atoms with Crippen molar-refractivity contribution in [2.24, 2.45) is 11.8 Å². The molecule has 0 spiro atoms. The van der Waals surface area contributed by atoms with Gasteiger partial charge in [-0.2, -0.15) is 0 Å². The summed E-state index contributed by atoms with van der Waals surface area (Å²) in [5.41, 5.74) is 0. The van der Waals surface area contributed by atoms with Crippen molar-refractivity contribution in [1.29, 1.82) is 0 Å². The van der Waals surface area contributed by atoms with E-state index in [4.69, 9.17) is 4.74 Å². The predicted molar refractivity (Wildman–Crippen MR) is 130 cm³/mol. The molecule has 0 unspecified atom stereocenters. The van der Waals surface area contributed by atoms with Gasteiger partial charge < -0.3 is 20.1 Å². The standard InChI is InChI=1S/C27H50O5/c1-4-5-6-9-12-15-22(28)18-19-24-23(25(29)20-26(24)30)16-13-10-7-8-11-14-17-27(31)32-21(2)3/h10,13,21-26,28-30H,4-9,11-12,14-20H2,1-3H3/b13-10-/t22-,23+,24+,25-,26+/m0/s1. The first-order chi connectivity index (χ1) is 15.3. The molecule has 5 nitrogen and oxygen atoms in total. The molecule has 0 bridgehead atoms. The maximum absolute atomic E-state index is 11.5. The highest BCUT2D eigenvalue weighted by Gasteiger charge is 2.40. The molecule has 0 radical (unpaired) electrons. The van der Waals surface area contributed by atoms with Crippen LogP contribution in [-0.2, 0) is 9.53 Å². The molecule has 0 aromatic rings. The molecule has 5 atom stereocenters. The summed E-state index contributed by atoms with van der Waals surface area (Å²) in [5, 5.41) is 31.1. The molecular formula is C27H50O5. The van der Waals surface area contributed by atoms with E-state index in [-0.39, 0.29) is 30.0 Å². The summed E-state index contributed by atoms with van der Waals surface area (Å²) < 4.78 is 5.14. The molecule has 188 valence electrons. The van der Waals surface area contributed by atoms with Crippen LogP contribution in [-0.4, -0.2) is 45.7 Å². The van der Waals surface area contributed by atoms with Crippen molar-refractivity contribution in [2.45, 2.75) is 141 Å². The van der Waals surface area contributed by atoms with E-state index >= 15 is 0 Å². The Kier molecular flexibility index (Phi) is 16.0. The Morgan fingerprint density at radius 2 is 1.62 bits per heavy atom. The molecule has 1 aliphatic carbocycles. The first-order valence-corrected chi connectivity index (χ1v) is 13.2. The van der Waals surface area contributed by atoms with Crippen molar-refractivity contribution in [2.75, 3.05) is 0 Å². The second kappa shape index (κ2) is 17.6. The van der Waals surface area contributed by atoms with Crippen molar-refractivity contribution in [3.05, 3.63) is 12.2 Å². The fourth-order valence-electron chi connectivity index (χ4n) is 4.82. The van der Waals surface area contributed by atoms with Gasteiger partial charge in [0.25, 0.3) is 0 Å². The number of unbranched alkanes of at least 4 members (excludes halogenated alkanes) is 7. The smallest absolute Gasteiger partial charge is 0.306 e. The minimum absolute atomic E-state index is 0.0440. The molecule has 1 aliphatic rings. The van der Waals surface area contributed by atoms with E-state index in [0.29, 0.717) is 19.3 Å². The largest absolute Gasteiger partial charge is 0.463 e. The van der Waals surface area contributed by atoms with E-state index in [1.807, 2.05) is 13.8 Å². The Morgan fingerprint density at radius 1 is 0.938 bits per heavy atom. The Labute approximate surface area is 196 Å². The number of allylic oxidation sites excluding steroid dienone is 2. The molecule has 0 heterocycles. The van der Waals surface area contributed by atoms with Crippen LogP contribution in [0.5, 0.6) is 0 Å². The number of aliphatic hydroxyl groups excluding tert-OH is 3. The third-order valence-corrected chi connectivity index (χ3v) is 6.69. The maximum atomic E-state index is 11.5. The van der Waals surface area contributed by atoms with Gasteiger partial charge in [-0.1, -0.05) is 57.6 Å². The van der Waals surface area contributed by atoms with Crippen LogP contribution >= 0.6 is 0 Å². The van der Waals surface area contributed by atoms with Gasteiger partial charge in [0.2, 0.25) is 0 Å². The Morgan fingerprint density at radius 3 is 2.34 bits per heavy atom. The fourth-order valence-corrected chi connectivity index (χ4v) is 4.82. The molecular weight excluding hydrogens is 404 g/mol. The summed E-state index contributed by atoms with van der Waals surface area (Å²) in [4.78, 5) is 11.5. The van der Waals surface area contributed by atoms with Gasteiger partial charge in [0.15, 0.2) is 0 Å². The van der Waals surface area contributed by atoms with Gasteiger partial charge in [0.1, 0.15) is 0 Å². The molecule has 5 heteroatoms. The van der Waals surface area contributed by atoms with E-state index in [0.717, 1.165) is 51.4 Å². The second-order valence-electron chi connectivity index (χ2n) is 9.98. The molecule has 0 aromatic carbocycles. The third kappa shape index (κ3) is 13.0. The van der Waals surface area contributed by atoms with Crippen molar-refractivity contribution < 1.29 is 24.9 Å². The summed E-state index contributed by atoms with van der Waals surface area (Å²) in [6, 6.07) is 0. The zero-order valence-electron chi connectivity index (χ0n) is 20.9. The summed E-state index contributed by atoms with van der Waals surface area (Å²) in [5.74, 6) is 0.0251. The molecule has 3 N–H and O–H groups in total. The summed E-state index contributed by atoms with van der Waals surface area (Å²) in [7, 11) is 0. The van der Waals surface area contributed by atoms with E-state index in [1.165, 1.54) is 25.7 Å². The van der Waals surface area contributed by atoms with Crippen molar-refractivity contribution >= 4 is 5.97 Å². The average Bonchev–Trinajstić information content (AvgIpc) is 3.00. The topological polar surface area (TPSA) is 87.0 Å². The Balaban J connectivity index is 2.23. The number of aliphatic hydroxyl groups is 3. The van der Waals surface area contributed by atoms with Gasteiger partial charge >= 0.3 is 5.97 Å². The highest BCUT2D eigenvalue weighted by molar-refractivity contribution is 5.69. The van der Waals surface area contributed by atoms with Crippen LogP contribution in [0.15, 0.2) is 12.2 Å². The molecule has 0 aliphatic heterocycles. The number of carbonyl (C=O) groups is 1. The minimum Gasteiger partial charge on any atom is -0.463 e. The van der Waals surface area contributed by atoms with E-state index in [1.54, 1.807) is 0 Å². The van der Waals surface area contributed by atoms with Gasteiger partial charge in [-0.05, 0) is 77.0 Å². The normalized spacial score (nSPS) is 24.5. The van der Waals surface area contributed by atoms with Crippen LogP contribution in [0, 0.1) is 11.8 Å². The van der Waals surface area contributed by atoms with Crippen LogP contribution in [0.2, 0.25) is 0 Å². The molecule has 32 heavy (non-hydrogen) atoms. The third-order valence-electron chi connectivity index (χ3n) is 6.69. The molecule has 1 saturated carbocycles. The van der Waals surface area contributed by atoms with Crippen LogP contribution in [0.4, 0.5) is 0 Å². The first kappa shape index (κ1) is 29.1. The van der Waals surface area contributed by atoms with Crippen LogP contribution < -0.4 is 0 Å². The minimum atomic E-state index is -0.467. The zero-order chi connectivity index (χ0) is 23.8. The van der Waals surface area contributed by atoms with E-state index < -0.39 is 12.2 Å². The summed E-state index contributed by atoms with van der Waals surface area (Å²) in [6.07, 6.45) is 16.9. The van der Waals surface area contributed by atoms with Crippen LogP contribution in [0.1, 0.15) is 117 Å². The SMILES string of the molecule is CCCCCCC[C@H](O)CC[C@@H]1[C@@H](C/C=C\CCCCCC(=O)OC(C)C)[C@@H](O)C[C@H]1O. The van der Waals surface area contributed by atoms with Crippen molar-refractivity contribution in [3.63, 3.8) is 0 Å². The average molecular weight is 455 g/mol. The highest BCUT2D eigenvalue weighted by Crippen LogP contribution is 2.38.